The van der Waals surface area contributed by atoms with Crippen molar-refractivity contribution in [2.75, 3.05) is 0 Å². The predicted octanol–water partition coefficient (Wildman–Crippen LogP) is 0.738. The summed E-state index contributed by atoms with van der Waals surface area (Å²) in [5, 5.41) is 11.9. The molecule has 0 saturated carbocycles. The minimum absolute atomic E-state index is 0.310. The molecule has 5 heteroatoms. The Morgan fingerprint density at radius 3 is 2.73 bits per heavy atom. The molecule has 0 aliphatic carbocycles. The zero-order valence-corrected chi connectivity index (χ0v) is 8.81. The fourth-order valence-electron chi connectivity index (χ4n) is 1.46. The number of hydrogen-bond acceptors (Lipinski definition) is 4. The summed E-state index contributed by atoms with van der Waals surface area (Å²) in [6.07, 6.45) is 0. The minimum atomic E-state index is 0.310. The van der Waals surface area contributed by atoms with Crippen LogP contribution in [0.1, 0.15) is 17.0 Å². The average Bonchev–Trinajstić information content (AvgIpc) is 2.66. The molecule has 0 radical (unpaired) electrons. The molecule has 1 heterocycles. The summed E-state index contributed by atoms with van der Waals surface area (Å²) in [6, 6.07) is 6.08. The second-order valence-electron chi connectivity index (χ2n) is 3.49. The van der Waals surface area contributed by atoms with Gasteiger partial charge in [-0.1, -0.05) is 17.7 Å². The Morgan fingerprint density at radius 1 is 1.33 bits per heavy atom. The van der Waals surface area contributed by atoms with Crippen LogP contribution in [0.15, 0.2) is 18.2 Å². The number of aryl methyl sites for hydroxylation is 2. The van der Waals surface area contributed by atoms with Crippen LogP contribution in [0, 0.1) is 13.8 Å². The lowest BCUT2D eigenvalue weighted by atomic mass is 10.1. The smallest absolute Gasteiger partial charge is 0.188 e. The van der Waals surface area contributed by atoms with E-state index in [0.29, 0.717) is 12.4 Å². The summed E-state index contributed by atoms with van der Waals surface area (Å²) in [5.74, 6) is 0.551. The van der Waals surface area contributed by atoms with Crippen LogP contribution in [0.4, 0.5) is 0 Å². The number of nitrogens with zero attached hydrogens (tertiary/aromatic N) is 4. The van der Waals surface area contributed by atoms with Gasteiger partial charge in [0.05, 0.1) is 12.2 Å². The molecule has 5 nitrogen and oxygen atoms in total. The normalized spacial score (nSPS) is 10.6. The van der Waals surface area contributed by atoms with E-state index < -0.39 is 0 Å². The Bertz CT molecular complexity index is 474. The van der Waals surface area contributed by atoms with E-state index in [0.717, 1.165) is 11.3 Å². The summed E-state index contributed by atoms with van der Waals surface area (Å²) < 4.78 is 0. The fourth-order valence-corrected chi connectivity index (χ4v) is 1.46. The summed E-state index contributed by atoms with van der Waals surface area (Å²) in [7, 11) is 0. The van der Waals surface area contributed by atoms with Crippen molar-refractivity contribution >= 4 is 0 Å². The minimum Gasteiger partial charge on any atom is -0.324 e. The predicted molar refractivity (Wildman–Crippen MR) is 56.5 cm³/mol. The lowest BCUT2D eigenvalue weighted by Gasteiger charge is -2.03. The molecular weight excluding hydrogens is 190 g/mol. The van der Waals surface area contributed by atoms with E-state index in [2.05, 4.69) is 28.4 Å². The molecule has 0 bridgehead atoms. The first-order chi connectivity index (χ1) is 7.20. The number of tetrazole rings is 1. The maximum atomic E-state index is 5.43. The lowest BCUT2D eigenvalue weighted by Crippen LogP contribution is -2.03. The third-order valence-corrected chi connectivity index (χ3v) is 2.21. The van der Waals surface area contributed by atoms with Crippen LogP contribution in [0.25, 0.3) is 5.69 Å². The molecule has 0 aliphatic heterocycles. The van der Waals surface area contributed by atoms with Crippen molar-refractivity contribution in [2.24, 2.45) is 5.73 Å². The van der Waals surface area contributed by atoms with Gasteiger partial charge in [0.1, 0.15) is 0 Å². The molecule has 0 unspecified atom stereocenters. The van der Waals surface area contributed by atoms with Crippen LogP contribution < -0.4 is 5.73 Å². The van der Waals surface area contributed by atoms with Crippen molar-refractivity contribution in [2.45, 2.75) is 20.4 Å². The Labute approximate surface area is 87.9 Å². The molecule has 0 atom stereocenters. The molecule has 1 aromatic heterocycles. The Balaban J connectivity index is 2.44. The third kappa shape index (κ3) is 1.87. The highest BCUT2D eigenvalue weighted by Crippen LogP contribution is 2.13. The molecule has 0 fully saturated rings. The molecule has 15 heavy (non-hydrogen) atoms. The number of nitrogens with two attached hydrogens (primary N) is 1. The molecule has 2 aromatic rings. The van der Waals surface area contributed by atoms with E-state index in [1.165, 1.54) is 10.4 Å². The summed E-state index contributed by atoms with van der Waals surface area (Å²) in [5.41, 5.74) is 8.70. The molecule has 0 amide bonds. The molecular formula is C10H13N5. The molecule has 1 aromatic carbocycles. The highest BCUT2D eigenvalue weighted by molar-refractivity contribution is 5.40. The summed E-state index contributed by atoms with van der Waals surface area (Å²) in [6.45, 7) is 4.38. The zero-order chi connectivity index (χ0) is 10.8. The first-order valence-electron chi connectivity index (χ1n) is 4.77. The van der Waals surface area contributed by atoms with Crippen molar-refractivity contribution in [3.05, 3.63) is 35.2 Å². The maximum absolute atomic E-state index is 5.43. The van der Waals surface area contributed by atoms with Crippen LogP contribution in [0.3, 0.4) is 0 Å². The topological polar surface area (TPSA) is 69.6 Å². The van der Waals surface area contributed by atoms with Crippen molar-refractivity contribution < 1.29 is 0 Å². The van der Waals surface area contributed by atoms with E-state index in [4.69, 9.17) is 5.73 Å². The van der Waals surface area contributed by atoms with E-state index >= 15 is 0 Å². The van der Waals surface area contributed by atoms with Crippen LogP contribution in [-0.4, -0.2) is 20.2 Å². The molecule has 0 aliphatic rings. The van der Waals surface area contributed by atoms with E-state index in [1.807, 2.05) is 19.1 Å². The van der Waals surface area contributed by atoms with Gasteiger partial charge < -0.3 is 5.73 Å². The summed E-state index contributed by atoms with van der Waals surface area (Å²) in [4.78, 5) is 1.51. The molecule has 78 valence electrons. The maximum Gasteiger partial charge on any atom is 0.188 e. The van der Waals surface area contributed by atoms with Gasteiger partial charge in [-0.15, -0.1) is 15.0 Å². The standard InChI is InChI=1S/C10H13N5/c1-7-3-4-9(8(2)5-7)15-13-10(6-11)12-14-15/h3-5H,6,11H2,1-2H3. The average molecular weight is 203 g/mol. The van der Waals surface area contributed by atoms with Gasteiger partial charge in [0, 0.05) is 0 Å². The highest BCUT2D eigenvalue weighted by atomic mass is 15.6. The van der Waals surface area contributed by atoms with Crippen LogP contribution >= 0.6 is 0 Å². The number of hydrogen-bond donors (Lipinski definition) is 1. The quantitative estimate of drug-likeness (QED) is 0.781. The number of benzene rings is 1. The Kier molecular flexibility index (Phi) is 2.47. The van der Waals surface area contributed by atoms with Gasteiger partial charge in [-0.3, -0.25) is 0 Å². The van der Waals surface area contributed by atoms with E-state index in [-0.39, 0.29) is 0 Å². The van der Waals surface area contributed by atoms with Gasteiger partial charge in [-0.05, 0) is 30.7 Å². The van der Waals surface area contributed by atoms with Crippen molar-refractivity contribution in [3.8, 4) is 5.69 Å². The summed E-state index contributed by atoms with van der Waals surface area (Å²) >= 11 is 0. The van der Waals surface area contributed by atoms with Gasteiger partial charge in [0.25, 0.3) is 0 Å². The van der Waals surface area contributed by atoms with Crippen LogP contribution in [0.2, 0.25) is 0 Å². The zero-order valence-electron chi connectivity index (χ0n) is 8.81. The van der Waals surface area contributed by atoms with Gasteiger partial charge in [0.2, 0.25) is 0 Å². The van der Waals surface area contributed by atoms with E-state index in [1.54, 1.807) is 0 Å². The third-order valence-electron chi connectivity index (χ3n) is 2.21. The van der Waals surface area contributed by atoms with Crippen molar-refractivity contribution in [3.63, 3.8) is 0 Å². The van der Waals surface area contributed by atoms with Gasteiger partial charge in [0.15, 0.2) is 5.82 Å². The second kappa shape index (κ2) is 3.78. The van der Waals surface area contributed by atoms with Crippen molar-refractivity contribution in [1.29, 1.82) is 0 Å². The van der Waals surface area contributed by atoms with Gasteiger partial charge in [-0.25, -0.2) is 0 Å². The Hall–Kier alpha value is -1.75. The number of rotatable bonds is 2. The van der Waals surface area contributed by atoms with Gasteiger partial charge >= 0.3 is 0 Å². The van der Waals surface area contributed by atoms with Gasteiger partial charge in [-0.2, -0.15) is 0 Å². The first-order valence-corrected chi connectivity index (χ1v) is 4.77. The lowest BCUT2D eigenvalue weighted by molar-refractivity contribution is 0.713. The largest absolute Gasteiger partial charge is 0.324 e. The molecule has 0 spiro atoms. The number of aromatic nitrogens is 4. The van der Waals surface area contributed by atoms with E-state index in [9.17, 15) is 0 Å². The fraction of sp³-hybridized carbons (Fsp3) is 0.300. The molecule has 2 rings (SSSR count). The van der Waals surface area contributed by atoms with Crippen LogP contribution in [-0.2, 0) is 6.54 Å². The molecule has 0 saturated heterocycles. The first kappa shape index (κ1) is 9.79. The molecule has 2 N–H and O–H groups in total. The monoisotopic (exact) mass is 203 g/mol. The van der Waals surface area contributed by atoms with Crippen molar-refractivity contribution in [1.82, 2.24) is 20.2 Å². The van der Waals surface area contributed by atoms with Crippen LogP contribution in [0.5, 0.6) is 0 Å². The second-order valence-corrected chi connectivity index (χ2v) is 3.49. The highest BCUT2D eigenvalue weighted by Gasteiger charge is 2.05. The SMILES string of the molecule is Cc1ccc(-n2nnc(CN)n2)c(C)c1. The Morgan fingerprint density at radius 2 is 2.13 bits per heavy atom.